The first-order valence-corrected chi connectivity index (χ1v) is 5.26. The number of rotatable bonds is 4. The number of benzene rings is 1. The van der Waals surface area contributed by atoms with Crippen molar-refractivity contribution in [2.45, 2.75) is 33.1 Å². The lowest BCUT2D eigenvalue weighted by Gasteiger charge is -2.12. The largest absolute Gasteiger partial charge is 0.504 e. The number of carboxylic acids is 1. The number of unbranched alkanes of at least 4 members (excludes halogenated alkanes) is 1. The van der Waals surface area contributed by atoms with Crippen molar-refractivity contribution in [1.29, 1.82) is 0 Å². The van der Waals surface area contributed by atoms with Crippen LogP contribution >= 0.6 is 0 Å². The van der Waals surface area contributed by atoms with Crippen molar-refractivity contribution < 1.29 is 20.1 Å². The Bertz CT molecular complexity index is 410. The highest BCUT2D eigenvalue weighted by Gasteiger charge is 2.20. The molecule has 0 heterocycles. The van der Waals surface area contributed by atoms with Crippen LogP contribution < -0.4 is 0 Å². The maximum atomic E-state index is 11.0. The Labute approximate surface area is 94.2 Å². The standard InChI is InChI=1S/C12H16O4/c1-3-4-5-8-7(2)6-9(13)11(14)10(8)12(15)16/h6,13-14H,3-5H2,1-2H3,(H,15,16). The van der Waals surface area contributed by atoms with Gasteiger partial charge in [0.1, 0.15) is 5.56 Å². The van der Waals surface area contributed by atoms with Crippen molar-refractivity contribution in [3.8, 4) is 11.5 Å². The first kappa shape index (κ1) is 12.4. The Morgan fingerprint density at radius 1 is 1.38 bits per heavy atom. The Balaban J connectivity index is 3.32. The van der Waals surface area contributed by atoms with Gasteiger partial charge in [0.05, 0.1) is 0 Å². The maximum Gasteiger partial charge on any atom is 0.339 e. The van der Waals surface area contributed by atoms with Crippen LogP contribution in [0.1, 0.15) is 41.3 Å². The summed E-state index contributed by atoms with van der Waals surface area (Å²) in [5.74, 6) is -2.12. The molecule has 16 heavy (non-hydrogen) atoms. The molecule has 0 fully saturated rings. The van der Waals surface area contributed by atoms with Gasteiger partial charge in [-0.05, 0) is 37.0 Å². The van der Waals surface area contributed by atoms with Gasteiger partial charge >= 0.3 is 5.97 Å². The number of carboxylic acid groups (broad SMARTS) is 1. The van der Waals surface area contributed by atoms with Gasteiger partial charge in [0.25, 0.3) is 0 Å². The third kappa shape index (κ3) is 2.27. The summed E-state index contributed by atoms with van der Waals surface area (Å²) in [7, 11) is 0. The summed E-state index contributed by atoms with van der Waals surface area (Å²) in [6.45, 7) is 3.74. The number of hydrogen-bond acceptors (Lipinski definition) is 3. The quantitative estimate of drug-likeness (QED) is 0.686. The summed E-state index contributed by atoms with van der Waals surface area (Å²) >= 11 is 0. The molecule has 4 nitrogen and oxygen atoms in total. The minimum Gasteiger partial charge on any atom is -0.504 e. The zero-order chi connectivity index (χ0) is 12.3. The summed E-state index contributed by atoms with van der Waals surface area (Å²) in [6.07, 6.45) is 2.39. The van der Waals surface area contributed by atoms with E-state index in [2.05, 4.69) is 0 Å². The average molecular weight is 224 g/mol. The van der Waals surface area contributed by atoms with E-state index in [1.54, 1.807) is 6.92 Å². The highest BCUT2D eigenvalue weighted by molar-refractivity contribution is 5.94. The second kappa shape index (κ2) is 4.88. The van der Waals surface area contributed by atoms with Crippen LogP contribution in [0, 0.1) is 6.92 Å². The molecule has 0 spiro atoms. The number of phenols is 2. The minimum atomic E-state index is -1.21. The van der Waals surface area contributed by atoms with Crippen LogP contribution in [0.15, 0.2) is 6.07 Å². The number of aromatic hydroxyl groups is 2. The van der Waals surface area contributed by atoms with E-state index in [4.69, 9.17) is 5.11 Å². The first-order chi connectivity index (χ1) is 7.49. The third-order valence-electron chi connectivity index (χ3n) is 2.60. The lowest BCUT2D eigenvalue weighted by atomic mass is 9.95. The summed E-state index contributed by atoms with van der Waals surface area (Å²) in [5, 5.41) is 27.9. The highest BCUT2D eigenvalue weighted by Crippen LogP contribution is 2.34. The van der Waals surface area contributed by atoms with Gasteiger partial charge in [-0.25, -0.2) is 4.79 Å². The van der Waals surface area contributed by atoms with E-state index < -0.39 is 11.7 Å². The van der Waals surface area contributed by atoms with Gasteiger partial charge < -0.3 is 15.3 Å². The topological polar surface area (TPSA) is 77.8 Å². The maximum absolute atomic E-state index is 11.0. The molecule has 1 rings (SSSR count). The Morgan fingerprint density at radius 3 is 2.50 bits per heavy atom. The molecular formula is C12H16O4. The minimum absolute atomic E-state index is 0.175. The van der Waals surface area contributed by atoms with Gasteiger partial charge in [0.15, 0.2) is 11.5 Å². The van der Waals surface area contributed by atoms with E-state index in [-0.39, 0.29) is 11.3 Å². The molecule has 1 aromatic carbocycles. The fourth-order valence-corrected chi connectivity index (χ4v) is 1.73. The summed E-state index contributed by atoms with van der Waals surface area (Å²) < 4.78 is 0. The van der Waals surface area contributed by atoms with Crippen molar-refractivity contribution in [1.82, 2.24) is 0 Å². The van der Waals surface area contributed by atoms with Crippen LogP contribution in [0.2, 0.25) is 0 Å². The van der Waals surface area contributed by atoms with E-state index in [0.717, 1.165) is 12.8 Å². The van der Waals surface area contributed by atoms with Gasteiger partial charge in [-0.2, -0.15) is 0 Å². The second-order valence-electron chi connectivity index (χ2n) is 3.82. The Morgan fingerprint density at radius 2 is 2.00 bits per heavy atom. The summed E-state index contributed by atoms with van der Waals surface area (Å²) in [5.41, 5.74) is 1.12. The number of phenolic OH excluding ortho intramolecular Hbond substituents is 1. The normalized spacial score (nSPS) is 10.4. The van der Waals surface area contributed by atoms with Crippen LogP contribution in [0.4, 0.5) is 0 Å². The van der Waals surface area contributed by atoms with Gasteiger partial charge in [-0.3, -0.25) is 0 Å². The lowest BCUT2D eigenvalue weighted by Crippen LogP contribution is -2.05. The van der Waals surface area contributed by atoms with E-state index in [9.17, 15) is 15.0 Å². The molecule has 0 aromatic heterocycles. The van der Waals surface area contributed by atoms with Crippen molar-refractivity contribution in [2.24, 2.45) is 0 Å². The molecule has 0 atom stereocenters. The van der Waals surface area contributed by atoms with Crippen LogP contribution in [0.3, 0.4) is 0 Å². The van der Waals surface area contributed by atoms with Gasteiger partial charge in [0.2, 0.25) is 0 Å². The zero-order valence-electron chi connectivity index (χ0n) is 9.45. The second-order valence-corrected chi connectivity index (χ2v) is 3.82. The van der Waals surface area contributed by atoms with Crippen molar-refractivity contribution in [3.05, 3.63) is 22.8 Å². The fraction of sp³-hybridized carbons (Fsp3) is 0.417. The molecule has 4 heteroatoms. The number of carbonyl (C=O) groups is 1. The molecule has 0 aliphatic heterocycles. The van der Waals surface area contributed by atoms with Gasteiger partial charge in [-0.1, -0.05) is 13.3 Å². The Hall–Kier alpha value is -1.71. The summed E-state index contributed by atoms with van der Waals surface area (Å²) in [4.78, 5) is 11.0. The van der Waals surface area contributed by atoms with E-state index >= 15 is 0 Å². The number of aromatic carboxylic acids is 1. The van der Waals surface area contributed by atoms with Crippen LogP contribution in [0.25, 0.3) is 0 Å². The zero-order valence-corrected chi connectivity index (χ0v) is 9.45. The first-order valence-electron chi connectivity index (χ1n) is 5.26. The Kier molecular flexibility index (Phi) is 3.77. The van der Waals surface area contributed by atoms with Crippen LogP contribution in [-0.4, -0.2) is 21.3 Å². The van der Waals surface area contributed by atoms with E-state index in [1.165, 1.54) is 6.07 Å². The molecule has 0 saturated heterocycles. The average Bonchev–Trinajstić information content (AvgIpc) is 2.20. The van der Waals surface area contributed by atoms with Crippen molar-refractivity contribution >= 4 is 5.97 Å². The summed E-state index contributed by atoms with van der Waals surface area (Å²) in [6, 6.07) is 1.40. The fourth-order valence-electron chi connectivity index (χ4n) is 1.73. The monoisotopic (exact) mass is 224 g/mol. The molecule has 1 aromatic rings. The van der Waals surface area contributed by atoms with Crippen molar-refractivity contribution in [3.63, 3.8) is 0 Å². The van der Waals surface area contributed by atoms with Gasteiger partial charge in [0, 0.05) is 0 Å². The molecule has 0 saturated carbocycles. The van der Waals surface area contributed by atoms with E-state index in [1.807, 2.05) is 6.92 Å². The number of aryl methyl sites for hydroxylation is 1. The van der Waals surface area contributed by atoms with Gasteiger partial charge in [-0.15, -0.1) is 0 Å². The van der Waals surface area contributed by atoms with Crippen molar-refractivity contribution in [2.75, 3.05) is 0 Å². The molecule has 0 radical (unpaired) electrons. The molecule has 3 N–H and O–H groups in total. The smallest absolute Gasteiger partial charge is 0.339 e. The SMILES string of the molecule is CCCCc1c(C)cc(O)c(O)c1C(=O)O. The van der Waals surface area contributed by atoms with E-state index in [0.29, 0.717) is 17.5 Å². The molecule has 0 aliphatic rings. The number of hydrogen-bond donors (Lipinski definition) is 3. The predicted octanol–water partition coefficient (Wildman–Crippen LogP) is 2.45. The molecule has 0 bridgehead atoms. The van der Waals surface area contributed by atoms with Crippen LogP contribution in [-0.2, 0) is 6.42 Å². The molecular weight excluding hydrogens is 208 g/mol. The third-order valence-corrected chi connectivity index (χ3v) is 2.60. The molecule has 0 aliphatic carbocycles. The highest BCUT2D eigenvalue weighted by atomic mass is 16.4. The molecule has 0 unspecified atom stereocenters. The predicted molar refractivity (Wildman–Crippen MR) is 60.1 cm³/mol. The molecule has 88 valence electrons. The molecule has 0 amide bonds. The lowest BCUT2D eigenvalue weighted by molar-refractivity contribution is 0.0691. The van der Waals surface area contributed by atoms with Crippen LogP contribution in [0.5, 0.6) is 11.5 Å².